The number of fused-ring (bicyclic) bond motifs is 1. The summed E-state index contributed by atoms with van der Waals surface area (Å²) in [6.45, 7) is 7.81. The van der Waals surface area contributed by atoms with Gasteiger partial charge >= 0.3 is 11.8 Å². The van der Waals surface area contributed by atoms with Crippen molar-refractivity contribution in [3.63, 3.8) is 0 Å². The number of rotatable bonds is 7. The molecule has 0 unspecified atom stereocenters. The van der Waals surface area contributed by atoms with Gasteiger partial charge in [0.1, 0.15) is 35.0 Å². The zero-order valence-corrected chi connectivity index (χ0v) is 26.8. The van der Waals surface area contributed by atoms with E-state index in [1.165, 1.54) is 6.07 Å². The smallest absolute Gasteiger partial charge is 0.410 e. The molecule has 1 amide bonds. The SMILES string of the molecule is CO[C@@H]1CN(C)C[C@H]1Oc1nc2c(Oc3c([N+](=O)[O-])ccc(Cl)c3F)cccc2c(N2CCN(C(=O)OC(C)(C)C)CC2)c1C#N. The lowest BCUT2D eigenvalue weighted by molar-refractivity contribution is -0.385. The maximum absolute atomic E-state index is 15.2. The van der Waals surface area contributed by atoms with Gasteiger partial charge in [0, 0.05) is 57.8 Å². The van der Waals surface area contributed by atoms with E-state index in [0.717, 1.165) is 12.1 Å². The number of hydrogen-bond donors (Lipinski definition) is 0. The number of likely N-dealkylation sites (tertiary alicyclic amines) is 1. The highest BCUT2D eigenvalue weighted by atomic mass is 35.5. The van der Waals surface area contributed by atoms with E-state index < -0.39 is 40.0 Å². The van der Waals surface area contributed by atoms with Gasteiger partial charge in [-0.25, -0.2) is 14.2 Å². The van der Waals surface area contributed by atoms with Crippen LogP contribution >= 0.6 is 11.6 Å². The van der Waals surface area contributed by atoms with Crippen LogP contribution in [-0.2, 0) is 9.47 Å². The number of methoxy groups -OCH3 is 1. The van der Waals surface area contributed by atoms with Crippen molar-refractivity contribution < 1.29 is 33.1 Å². The van der Waals surface area contributed by atoms with Crippen LogP contribution in [0.3, 0.4) is 0 Å². The van der Waals surface area contributed by atoms with Crippen LogP contribution in [-0.4, -0.2) is 97.0 Å². The fourth-order valence-electron chi connectivity index (χ4n) is 5.54. The van der Waals surface area contributed by atoms with E-state index in [0.29, 0.717) is 50.3 Å². The second-order valence-corrected chi connectivity index (χ2v) is 12.5. The first-order valence-electron chi connectivity index (χ1n) is 14.6. The Hall–Kier alpha value is -4.45. The number of nitro benzene ring substituents is 1. The first kappa shape index (κ1) is 32.9. The van der Waals surface area contributed by atoms with Crippen LogP contribution in [0.25, 0.3) is 10.9 Å². The van der Waals surface area contributed by atoms with E-state index in [2.05, 4.69) is 11.1 Å². The number of nitrogens with zero attached hydrogens (tertiary/aromatic N) is 6. The van der Waals surface area contributed by atoms with Gasteiger partial charge in [0.15, 0.2) is 11.6 Å². The number of hydrogen-bond acceptors (Lipinski definition) is 11. The van der Waals surface area contributed by atoms with E-state index in [4.69, 9.17) is 30.5 Å². The summed E-state index contributed by atoms with van der Waals surface area (Å²) in [5, 5.41) is 22.3. The van der Waals surface area contributed by atoms with Crippen molar-refractivity contribution in [3.05, 3.63) is 56.8 Å². The number of pyridine rings is 1. The molecule has 0 N–H and O–H groups in total. The van der Waals surface area contributed by atoms with E-state index in [9.17, 15) is 20.2 Å². The van der Waals surface area contributed by atoms with Gasteiger partial charge in [0.2, 0.25) is 11.6 Å². The molecule has 1 aromatic heterocycles. The molecule has 3 heterocycles. The van der Waals surface area contributed by atoms with E-state index in [1.807, 2.05) is 16.8 Å². The van der Waals surface area contributed by atoms with Crippen molar-refractivity contribution in [2.24, 2.45) is 0 Å². The molecule has 0 spiro atoms. The molecule has 0 aliphatic carbocycles. The zero-order chi connectivity index (χ0) is 33.3. The molecule has 2 aromatic carbocycles. The molecule has 0 bridgehead atoms. The van der Waals surface area contributed by atoms with Crippen molar-refractivity contribution in [3.8, 4) is 23.4 Å². The molecule has 0 radical (unpaired) electrons. The first-order valence-corrected chi connectivity index (χ1v) is 15.0. The molecule has 46 heavy (non-hydrogen) atoms. The minimum atomic E-state index is -1.10. The lowest BCUT2D eigenvalue weighted by Gasteiger charge is -2.37. The summed E-state index contributed by atoms with van der Waals surface area (Å²) in [5.41, 5.74) is -0.481. The van der Waals surface area contributed by atoms with Gasteiger partial charge in [-0.05, 0) is 40.0 Å². The molecule has 13 nitrogen and oxygen atoms in total. The fourth-order valence-corrected chi connectivity index (χ4v) is 5.69. The number of para-hydroxylation sites is 1. The third-order valence-electron chi connectivity index (χ3n) is 7.68. The number of nitro groups is 1. The number of aromatic nitrogens is 1. The number of halogens is 2. The van der Waals surface area contributed by atoms with Gasteiger partial charge in [-0.3, -0.25) is 15.0 Å². The molecular weight excluding hydrogens is 623 g/mol. The van der Waals surface area contributed by atoms with Crippen LogP contribution < -0.4 is 14.4 Å². The summed E-state index contributed by atoms with van der Waals surface area (Å²) in [6, 6.07) is 9.20. The van der Waals surface area contributed by atoms with Gasteiger partial charge < -0.3 is 28.7 Å². The number of carbonyl (C=O) groups is 1. The molecule has 2 fully saturated rings. The predicted octanol–water partition coefficient (Wildman–Crippen LogP) is 5.36. The molecular formula is C31H34ClFN6O7. The lowest BCUT2D eigenvalue weighted by Crippen LogP contribution is -2.50. The number of anilines is 1. The van der Waals surface area contributed by atoms with E-state index in [-0.39, 0.29) is 33.8 Å². The van der Waals surface area contributed by atoms with Crippen LogP contribution in [0.4, 0.5) is 20.6 Å². The largest absolute Gasteiger partial charge is 0.469 e. The summed E-state index contributed by atoms with van der Waals surface area (Å²) in [7, 11) is 3.50. The van der Waals surface area contributed by atoms with Crippen LogP contribution in [0, 0.1) is 27.3 Å². The molecule has 2 saturated heterocycles. The van der Waals surface area contributed by atoms with Gasteiger partial charge in [-0.2, -0.15) is 5.26 Å². The second-order valence-electron chi connectivity index (χ2n) is 12.1. The van der Waals surface area contributed by atoms with Crippen molar-refractivity contribution in [2.45, 2.75) is 38.6 Å². The molecule has 244 valence electrons. The van der Waals surface area contributed by atoms with Crippen LogP contribution in [0.2, 0.25) is 5.02 Å². The number of likely N-dealkylation sites (N-methyl/N-ethyl adjacent to an activating group) is 1. The van der Waals surface area contributed by atoms with Gasteiger partial charge in [-0.1, -0.05) is 23.7 Å². The lowest BCUT2D eigenvalue weighted by atomic mass is 10.1. The van der Waals surface area contributed by atoms with Gasteiger partial charge in [-0.15, -0.1) is 0 Å². The number of benzene rings is 2. The maximum Gasteiger partial charge on any atom is 0.410 e. The predicted molar refractivity (Wildman–Crippen MR) is 167 cm³/mol. The fraction of sp³-hybridized carbons (Fsp3) is 0.452. The highest BCUT2D eigenvalue weighted by molar-refractivity contribution is 6.31. The molecule has 2 atom stereocenters. The summed E-state index contributed by atoms with van der Waals surface area (Å²) >= 11 is 5.96. The summed E-state index contributed by atoms with van der Waals surface area (Å²) in [5.74, 6) is -1.80. The monoisotopic (exact) mass is 656 g/mol. The minimum Gasteiger partial charge on any atom is -0.469 e. The zero-order valence-electron chi connectivity index (χ0n) is 26.1. The van der Waals surface area contributed by atoms with Crippen molar-refractivity contribution in [1.82, 2.24) is 14.8 Å². The Balaban J connectivity index is 1.62. The first-order chi connectivity index (χ1) is 21.8. The molecule has 3 aromatic rings. The molecule has 2 aliphatic heterocycles. The average Bonchev–Trinajstić information content (AvgIpc) is 3.36. The quantitative estimate of drug-likeness (QED) is 0.239. The average molecular weight is 657 g/mol. The summed E-state index contributed by atoms with van der Waals surface area (Å²) in [6.07, 6.45) is -1.21. The Bertz CT molecular complexity index is 1700. The highest BCUT2D eigenvalue weighted by Crippen LogP contribution is 2.43. The third-order valence-corrected chi connectivity index (χ3v) is 7.97. The topological polar surface area (TPSA) is 144 Å². The van der Waals surface area contributed by atoms with Crippen LogP contribution in [0.1, 0.15) is 26.3 Å². The second kappa shape index (κ2) is 13.1. The van der Waals surface area contributed by atoms with Gasteiger partial charge in [0.05, 0.1) is 15.6 Å². The highest BCUT2D eigenvalue weighted by Gasteiger charge is 2.36. The Labute approximate surface area is 270 Å². The molecule has 0 saturated carbocycles. The van der Waals surface area contributed by atoms with Crippen LogP contribution in [0.5, 0.6) is 17.4 Å². The number of ether oxygens (including phenoxy) is 4. The Morgan fingerprint density at radius 2 is 1.85 bits per heavy atom. The molecule has 2 aliphatic rings. The van der Waals surface area contributed by atoms with E-state index in [1.54, 1.807) is 44.9 Å². The van der Waals surface area contributed by atoms with Crippen LogP contribution in [0.15, 0.2) is 30.3 Å². The van der Waals surface area contributed by atoms with Gasteiger partial charge in [0.25, 0.3) is 0 Å². The third kappa shape index (κ3) is 6.72. The normalized spacial score (nSPS) is 18.8. The number of nitriles is 1. The summed E-state index contributed by atoms with van der Waals surface area (Å²) < 4.78 is 38.5. The Morgan fingerprint density at radius 1 is 1.15 bits per heavy atom. The number of carbonyl (C=O) groups excluding carboxylic acids is 1. The molecule has 15 heteroatoms. The minimum absolute atomic E-state index is 0.000891. The standard InChI is InChI=1S/C31H34ClFN6O7/c1-31(2,3)46-30(40)38-13-11-37(12-14-38)27-18-7-6-8-22(44-28-21(39(41)42)10-9-20(32)25(28)33)26(18)35-29(19(27)15-34)45-24-17-36(4)16-23(24)43-5/h6-10,23-24H,11-14,16-17H2,1-5H3/t23-,24-/m1/s1. The van der Waals surface area contributed by atoms with Crippen molar-refractivity contribution in [1.29, 1.82) is 5.26 Å². The molecule has 5 rings (SSSR count). The Morgan fingerprint density at radius 3 is 2.48 bits per heavy atom. The number of piperazine rings is 1. The van der Waals surface area contributed by atoms with Crippen molar-refractivity contribution >= 4 is 40.0 Å². The number of amides is 1. The van der Waals surface area contributed by atoms with Crippen molar-refractivity contribution in [2.75, 3.05) is 58.3 Å². The Kier molecular flexibility index (Phi) is 9.39. The maximum atomic E-state index is 15.2. The summed E-state index contributed by atoms with van der Waals surface area (Å²) in [4.78, 5) is 34.0. The van der Waals surface area contributed by atoms with E-state index >= 15 is 4.39 Å².